The van der Waals surface area contributed by atoms with Crippen LogP contribution in [0, 0.1) is 0 Å². The van der Waals surface area contributed by atoms with Gasteiger partial charge in [-0.05, 0) is 54.1 Å². The fourth-order valence-corrected chi connectivity index (χ4v) is 6.32. The second kappa shape index (κ2) is 12.0. The van der Waals surface area contributed by atoms with Crippen molar-refractivity contribution in [3.63, 3.8) is 0 Å². The lowest BCUT2D eigenvalue weighted by atomic mass is 10.2. The Morgan fingerprint density at radius 2 is 1.73 bits per heavy atom. The Labute approximate surface area is 226 Å². The van der Waals surface area contributed by atoms with Crippen LogP contribution in [0.25, 0.3) is 0 Å². The molecule has 1 aliphatic rings. The number of rotatable bonds is 8. The molecule has 11 heteroatoms. The number of piperazine rings is 1. The number of pyridine rings is 1. The molecule has 1 aromatic heterocycles. The largest absolute Gasteiger partial charge is 0.369 e. The molecule has 0 spiro atoms. The average Bonchev–Trinajstić information content (AvgIpc) is 2.88. The van der Waals surface area contributed by atoms with Crippen molar-refractivity contribution in [1.29, 1.82) is 0 Å². The number of urea groups is 1. The zero-order valence-corrected chi connectivity index (χ0v) is 22.3. The van der Waals surface area contributed by atoms with Gasteiger partial charge in [-0.15, -0.1) is 6.58 Å². The van der Waals surface area contributed by atoms with Gasteiger partial charge in [0.2, 0.25) is 0 Å². The SMILES string of the molecule is C=CC(N1CCN(c2cc(Cl)cc(Cl)c2)CC1)S(=O)(=O)c1ccc(NC(=O)NCc2cccnc2)cc1. The number of halogens is 2. The zero-order chi connectivity index (χ0) is 26.4. The van der Waals surface area contributed by atoms with Crippen LogP contribution >= 0.6 is 23.2 Å². The van der Waals surface area contributed by atoms with E-state index in [1.54, 1.807) is 36.7 Å². The summed E-state index contributed by atoms with van der Waals surface area (Å²) in [6.07, 6.45) is 4.79. The normalized spacial score (nSPS) is 15.1. The molecule has 4 rings (SSSR count). The van der Waals surface area contributed by atoms with Crippen LogP contribution in [0.5, 0.6) is 0 Å². The predicted octanol–water partition coefficient (Wildman–Crippen LogP) is 4.82. The summed E-state index contributed by atoms with van der Waals surface area (Å²) in [6, 6.07) is 14.7. The molecule has 194 valence electrons. The number of carbonyl (C=O) groups excluding carboxylic acids is 1. The number of nitrogens with zero attached hydrogens (tertiary/aromatic N) is 3. The average molecular weight is 561 g/mol. The Morgan fingerprint density at radius 1 is 1.05 bits per heavy atom. The molecule has 1 fully saturated rings. The van der Waals surface area contributed by atoms with E-state index < -0.39 is 21.2 Å². The molecule has 8 nitrogen and oxygen atoms in total. The van der Waals surface area contributed by atoms with Gasteiger partial charge in [0.15, 0.2) is 9.84 Å². The third kappa shape index (κ3) is 6.81. The summed E-state index contributed by atoms with van der Waals surface area (Å²) >= 11 is 12.3. The lowest BCUT2D eigenvalue weighted by Gasteiger charge is -2.39. The van der Waals surface area contributed by atoms with E-state index in [9.17, 15) is 13.2 Å². The predicted molar refractivity (Wildman–Crippen MR) is 148 cm³/mol. The molecule has 1 saturated heterocycles. The Kier molecular flexibility index (Phi) is 8.71. The van der Waals surface area contributed by atoms with E-state index in [-0.39, 0.29) is 4.90 Å². The third-order valence-electron chi connectivity index (χ3n) is 6.02. The monoisotopic (exact) mass is 559 g/mol. The minimum absolute atomic E-state index is 0.155. The third-order valence-corrected chi connectivity index (χ3v) is 8.51. The fraction of sp³-hybridized carbons (Fsp3) is 0.231. The van der Waals surface area contributed by atoms with E-state index >= 15 is 0 Å². The Bertz CT molecular complexity index is 1330. The molecule has 37 heavy (non-hydrogen) atoms. The van der Waals surface area contributed by atoms with Crippen molar-refractivity contribution in [2.45, 2.75) is 16.8 Å². The number of benzene rings is 2. The molecule has 2 heterocycles. The van der Waals surface area contributed by atoms with Gasteiger partial charge in [-0.25, -0.2) is 13.2 Å². The molecule has 1 aliphatic heterocycles. The maximum absolute atomic E-state index is 13.4. The molecule has 2 aromatic carbocycles. The van der Waals surface area contributed by atoms with Crippen molar-refractivity contribution < 1.29 is 13.2 Å². The lowest BCUT2D eigenvalue weighted by Crippen LogP contribution is -2.52. The zero-order valence-electron chi connectivity index (χ0n) is 20.0. The van der Waals surface area contributed by atoms with Crippen LogP contribution in [0.15, 0.2) is 84.5 Å². The van der Waals surface area contributed by atoms with Gasteiger partial charge >= 0.3 is 6.03 Å². The first-order valence-corrected chi connectivity index (χ1v) is 13.9. The van der Waals surface area contributed by atoms with E-state index in [2.05, 4.69) is 27.1 Å². The lowest BCUT2D eigenvalue weighted by molar-refractivity contribution is 0.251. The van der Waals surface area contributed by atoms with Crippen molar-refractivity contribution in [2.75, 3.05) is 36.4 Å². The summed E-state index contributed by atoms with van der Waals surface area (Å²) in [4.78, 5) is 20.4. The molecule has 0 radical (unpaired) electrons. The van der Waals surface area contributed by atoms with E-state index in [4.69, 9.17) is 23.2 Å². The molecule has 1 atom stereocenters. The van der Waals surface area contributed by atoms with Gasteiger partial charge in [0.25, 0.3) is 0 Å². The molecule has 0 bridgehead atoms. The number of hydrogen-bond donors (Lipinski definition) is 2. The highest BCUT2D eigenvalue weighted by atomic mass is 35.5. The molecule has 2 N–H and O–H groups in total. The first-order chi connectivity index (χ1) is 17.8. The summed E-state index contributed by atoms with van der Waals surface area (Å²) in [6.45, 7) is 6.40. The van der Waals surface area contributed by atoms with Gasteiger partial charge in [-0.1, -0.05) is 35.3 Å². The highest BCUT2D eigenvalue weighted by Gasteiger charge is 2.32. The molecular weight excluding hydrogens is 533 g/mol. The van der Waals surface area contributed by atoms with Crippen molar-refractivity contribution in [2.24, 2.45) is 0 Å². The minimum atomic E-state index is -3.73. The Hall–Kier alpha value is -3.11. The molecule has 0 aliphatic carbocycles. The summed E-state index contributed by atoms with van der Waals surface area (Å²) < 4.78 is 26.9. The number of sulfone groups is 1. The van der Waals surface area contributed by atoms with Gasteiger partial charge in [-0.2, -0.15) is 0 Å². The summed E-state index contributed by atoms with van der Waals surface area (Å²) in [5.41, 5.74) is 2.25. The smallest absolute Gasteiger partial charge is 0.319 e. The van der Waals surface area contributed by atoms with Gasteiger partial charge in [-0.3, -0.25) is 9.88 Å². The van der Waals surface area contributed by atoms with Gasteiger partial charge < -0.3 is 15.5 Å². The first-order valence-electron chi connectivity index (χ1n) is 11.6. The van der Waals surface area contributed by atoms with Crippen molar-refractivity contribution in [3.8, 4) is 0 Å². The maximum atomic E-state index is 13.4. The van der Waals surface area contributed by atoms with Crippen LogP contribution < -0.4 is 15.5 Å². The summed E-state index contributed by atoms with van der Waals surface area (Å²) in [5, 5.41) is 5.68. The topological polar surface area (TPSA) is 94.6 Å². The van der Waals surface area contributed by atoms with Crippen LogP contribution in [0.4, 0.5) is 16.2 Å². The van der Waals surface area contributed by atoms with E-state index in [1.807, 2.05) is 23.1 Å². The molecule has 2 amide bonds. The molecule has 1 unspecified atom stereocenters. The van der Waals surface area contributed by atoms with Crippen LogP contribution in [-0.2, 0) is 16.4 Å². The standard InChI is InChI=1S/C26H27Cl2N5O3S/c1-2-25(33-12-10-32(11-13-33)23-15-20(27)14-21(28)16-23)37(35,36)24-7-5-22(6-8-24)31-26(34)30-18-19-4-3-9-29-17-19/h2-9,14-17,25H,1,10-13,18H2,(H2,30,31,34). The summed E-state index contributed by atoms with van der Waals surface area (Å²) in [5.74, 6) is 0. The summed E-state index contributed by atoms with van der Waals surface area (Å²) in [7, 11) is -3.73. The molecular formula is C26H27Cl2N5O3S. The van der Waals surface area contributed by atoms with Crippen LogP contribution in [0.3, 0.4) is 0 Å². The number of anilines is 2. The highest BCUT2D eigenvalue weighted by molar-refractivity contribution is 7.92. The van der Waals surface area contributed by atoms with Gasteiger partial charge in [0, 0.05) is 66.5 Å². The second-order valence-electron chi connectivity index (χ2n) is 8.52. The number of carbonyl (C=O) groups is 1. The quantitative estimate of drug-likeness (QED) is 0.384. The number of aromatic nitrogens is 1. The van der Waals surface area contributed by atoms with Crippen molar-refractivity contribution in [3.05, 3.63) is 95.3 Å². The number of nitrogens with one attached hydrogen (secondary N) is 2. The maximum Gasteiger partial charge on any atom is 0.319 e. The molecule has 0 saturated carbocycles. The Morgan fingerprint density at radius 3 is 2.32 bits per heavy atom. The van der Waals surface area contributed by atoms with Gasteiger partial charge in [0.05, 0.1) is 4.90 Å². The second-order valence-corrected chi connectivity index (χ2v) is 11.4. The minimum Gasteiger partial charge on any atom is -0.369 e. The first kappa shape index (κ1) is 26.9. The van der Waals surface area contributed by atoms with Crippen LogP contribution in [0.1, 0.15) is 5.56 Å². The number of hydrogen-bond acceptors (Lipinski definition) is 6. The van der Waals surface area contributed by atoms with E-state index in [0.29, 0.717) is 48.5 Å². The van der Waals surface area contributed by atoms with E-state index in [0.717, 1.165) is 11.3 Å². The molecule has 3 aromatic rings. The van der Waals surface area contributed by atoms with Crippen molar-refractivity contribution >= 4 is 50.4 Å². The van der Waals surface area contributed by atoms with Crippen molar-refractivity contribution in [1.82, 2.24) is 15.2 Å². The number of amides is 2. The Balaban J connectivity index is 1.36. The van der Waals surface area contributed by atoms with Crippen LogP contribution in [-0.4, -0.2) is 55.9 Å². The highest BCUT2D eigenvalue weighted by Crippen LogP contribution is 2.28. The van der Waals surface area contributed by atoms with Crippen LogP contribution in [0.2, 0.25) is 10.0 Å². The van der Waals surface area contributed by atoms with Gasteiger partial charge in [0.1, 0.15) is 5.37 Å². The fourth-order valence-electron chi connectivity index (χ4n) is 4.16. The van der Waals surface area contributed by atoms with E-state index in [1.165, 1.54) is 18.2 Å².